The molecule has 2 rings (SSSR count). The Morgan fingerprint density at radius 1 is 1.57 bits per heavy atom. The summed E-state index contributed by atoms with van der Waals surface area (Å²) < 4.78 is 14.4. The third kappa shape index (κ3) is 1.04. The SMILES string of the molecule is Cn1ncc2ccc(F)c([N+](=O)[O-])c21. The van der Waals surface area contributed by atoms with E-state index in [0.29, 0.717) is 5.39 Å². The van der Waals surface area contributed by atoms with Crippen LogP contribution in [0.3, 0.4) is 0 Å². The average Bonchev–Trinajstić information content (AvgIpc) is 2.47. The Labute approximate surface area is 77.9 Å². The Bertz CT molecular complexity index is 521. The highest BCUT2D eigenvalue weighted by atomic mass is 19.1. The molecule has 1 heterocycles. The molecule has 0 aliphatic carbocycles. The molecule has 0 aliphatic rings. The van der Waals surface area contributed by atoms with Gasteiger partial charge in [0.25, 0.3) is 0 Å². The lowest BCUT2D eigenvalue weighted by Gasteiger charge is -1.97. The highest BCUT2D eigenvalue weighted by Gasteiger charge is 2.21. The molecule has 0 fully saturated rings. The van der Waals surface area contributed by atoms with Crippen molar-refractivity contribution in [3.8, 4) is 0 Å². The van der Waals surface area contributed by atoms with E-state index in [2.05, 4.69) is 5.10 Å². The smallest absolute Gasteiger partial charge is 0.261 e. The van der Waals surface area contributed by atoms with Gasteiger partial charge in [-0.25, -0.2) is 0 Å². The molecule has 2 aromatic rings. The monoisotopic (exact) mass is 195 g/mol. The lowest BCUT2D eigenvalue weighted by molar-refractivity contribution is -0.386. The number of halogens is 1. The van der Waals surface area contributed by atoms with E-state index < -0.39 is 16.4 Å². The van der Waals surface area contributed by atoms with Crippen molar-refractivity contribution in [1.82, 2.24) is 9.78 Å². The summed E-state index contributed by atoms with van der Waals surface area (Å²) in [7, 11) is 1.54. The molecule has 0 saturated heterocycles. The van der Waals surface area contributed by atoms with Gasteiger partial charge in [-0.1, -0.05) is 0 Å². The molecular formula is C8H6FN3O2. The van der Waals surface area contributed by atoms with Crippen LogP contribution in [0.4, 0.5) is 10.1 Å². The van der Waals surface area contributed by atoms with Gasteiger partial charge < -0.3 is 0 Å². The molecule has 0 saturated carbocycles. The quantitative estimate of drug-likeness (QED) is 0.513. The van der Waals surface area contributed by atoms with Gasteiger partial charge in [0.05, 0.1) is 11.1 Å². The maximum Gasteiger partial charge on any atom is 0.330 e. The van der Waals surface area contributed by atoms with Gasteiger partial charge in [-0.05, 0) is 12.1 Å². The van der Waals surface area contributed by atoms with E-state index in [9.17, 15) is 14.5 Å². The molecule has 6 heteroatoms. The second-order valence-electron chi connectivity index (χ2n) is 2.86. The third-order valence-electron chi connectivity index (χ3n) is 2.01. The number of fused-ring (bicyclic) bond motifs is 1. The van der Waals surface area contributed by atoms with Crippen molar-refractivity contribution in [3.63, 3.8) is 0 Å². The predicted octanol–water partition coefficient (Wildman–Crippen LogP) is 1.62. The van der Waals surface area contributed by atoms with E-state index in [-0.39, 0.29) is 5.52 Å². The molecule has 0 atom stereocenters. The van der Waals surface area contributed by atoms with Crippen LogP contribution in [0.5, 0.6) is 0 Å². The van der Waals surface area contributed by atoms with Gasteiger partial charge in [-0.15, -0.1) is 0 Å². The first-order valence-electron chi connectivity index (χ1n) is 3.86. The Hall–Kier alpha value is -1.98. The molecule has 0 bridgehead atoms. The summed E-state index contributed by atoms with van der Waals surface area (Å²) >= 11 is 0. The number of benzene rings is 1. The summed E-state index contributed by atoms with van der Waals surface area (Å²) in [6.45, 7) is 0. The van der Waals surface area contributed by atoms with Crippen LogP contribution >= 0.6 is 0 Å². The van der Waals surface area contributed by atoms with Gasteiger partial charge in [0.2, 0.25) is 5.82 Å². The van der Waals surface area contributed by atoms with E-state index in [1.54, 1.807) is 0 Å². The molecule has 14 heavy (non-hydrogen) atoms. The Morgan fingerprint density at radius 3 is 2.93 bits per heavy atom. The molecule has 72 valence electrons. The Kier molecular flexibility index (Phi) is 1.70. The first kappa shape index (κ1) is 8.61. The van der Waals surface area contributed by atoms with Crippen LogP contribution < -0.4 is 0 Å². The number of hydrogen-bond donors (Lipinski definition) is 0. The van der Waals surface area contributed by atoms with Crippen LogP contribution in [0.25, 0.3) is 10.9 Å². The zero-order valence-corrected chi connectivity index (χ0v) is 7.27. The molecule has 1 aromatic heterocycles. The largest absolute Gasteiger partial charge is 0.330 e. The summed E-state index contributed by atoms with van der Waals surface area (Å²) in [5.74, 6) is -0.842. The fourth-order valence-corrected chi connectivity index (χ4v) is 1.40. The van der Waals surface area contributed by atoms with E-state index >= 15 is 0 Å². The Balaban J connectivity index is 2.94. The molecule has 0 spiro atoms. The van der Waals surface area contributed by atoms with Crippen LogP contribution in [-0.2, 0) is 7.05 Å². The van der Waals surface area contributed by atoms with Gasteiger partial charge >= 0.3 is 5.69 Å². The first-order valence-corrected chi connectivity index (χ1v) is 3.86. The third-order valence-corrected chi connectivity index (χ3v) is 2.01. The molecule has 1 aromatic carbocycles. The number of rotatable bonds is 1. The van der Waals surface area contributed by atoms with Gasteiger partial charge in [0, 0.05) is 12.4 Å². The molecule has 0 amide bonds. The van der Waals surface area contributed by atoms with Gasteiger partial charge in [0.15, 0.2) is 0 Å². The molecule has 0 unspecified atom stereocenters. The molecule has 0 aliphatic heterocycles. The topological polar surface area (TPSA) is 61.0 Å². The van der Waals surface area contributed by atoms with Crippen molar-refractivity contribution in [2.24, 2.45) is 7.05 Å². The first-order chi connectivity index (χ1) is 6.61. The van der Waals surface area contributed by atoms with E-state index in [4.69, 9.17) is 0 Å². The van der Waals surface area contributed by atoms with Gasteiger partial charge in [-0.3, -0.25) is 14.8 Å². The zero-order chi connectivity index (χ0) is 10.3. The van der Waals surface area contributed by atoms with E-state index in [0.717, 1.165) is 6.07 Å². The average molecular weight is 195 g/mol. The van der Waals surface area contributed by atoms with E-state index in [1.165, 1.54) is 24.0 Å². The number of aromatic nitrogens is 2. The fraction of sp³-hybridized carbons (Fsp3) is 0.125. The summed E-state index contributed by atoms with van der Waals surface area (Å²) in [6, 6.07) is 2.53. The van der Waals surface area contributed by atoms with Crippen LogP contribution in [0.2, 0.25) is 0 Å². The van der Waals surface area contributed by atoms with Crippen LogP contribution in [0.15, 0.2) is 18.3 Å². The number of nitrogens with zero attached hydrogens (tertiary/aromatic N) is 3. The molecule has 0 N–H and O–H groups in total. The maximum absolute atomic E-state index is 13.1. The molecule has 5 nitrogen and oxygen atoms in total. The van der Waals surface area contributed by atoms with Crippen molar-refractivity contribution in [1.29, 1.82) is 0 Å². The van der Waals surface area contributed by atoms with Crippen molar-refractivity contribution in [2.45, 2.75) is 0 Å². The number of hydrogen-bond acceptors (Lipinski definition) is 3. The standard InChI is InChI=1S/C8H6FN3O2/c1-11-7-5(4-10-11)2-3-6(9)8(7)12(13)14/h2-4H,1H3. The Morgan fingerprint density at radius 2 is 2.29 bits per heavy atom. The van der Waals surface area contributed by atoms with Crippen LogP contribution in [0.1, 0.15) is 0 Å². The summed E-state index contributed by atoms with van der Waals surface area (Å²) in [6.07, 6.45) is 1.46. The summed E-state index contributed by atoms with van der Waals surface area (Å²) in [5.41, 5.74) is -0.322. The van der Waals surface area contributed by atoms with Crippen molar-refractivity contribution < 1.29 is 9.31 Å². The lowest BCUT2D eigenvalue weighted by Crippen LogP contribution is -1.98. The summed E-state index contributed by atoms with van der Waals surface area (Å²) in [4.78, 5) is 9.87. The minimum atomic E-state index is -0.842. The van der Waals surface area contributed by atoms with E-state index in [1.807, 2.05) is 0 Å². The number of nitro benzene ring substituents is 1. The fourth-order valence-electron chi connectivity index (χ4n) is 1.40. The zero-order valence-electron chi connectivity index (χ0n) is 7.27. The van der Waals surface area contributed by atoms with Gasteiger partial charge in [-0.2, -0.15) is 9.49 Å². The second-order valence-corrected chi connectivity index (χ2v) is 2.86. The summed E-state index contributed by atoms with van der Waals surface area (Å²) in [5, 5.41) is 15.0. The normalized spacial score (nSPS) is 10.7. The van der Waals surface area contributed by atoms with Crippen molar-refractivity contribution >= 4 is 16.6 Å². The maximum atomic E-state index is 13.1. The minimum absolute atomic E-state index is 0.204. The van der Waals surface area contributed by atoms with Crippen LogP contribution in [-0.4, -0.2) is 14.7 Å². The van der Waals surface area contributed by atoms with Gasteiger partial charge in [0.1, 0.15) is 5.52 Å². The highest BCUT2D eigenvalue weighted by molar-refractivity contribution is 5.87. The lowest BCUT2D eigenvalue weighted by atomic mass is 10.2. The number of aryl methyl sites for hydroxylation is 1. The second kappa shape index (κ2) is 2.76. The van der Waals surface area contributed by atoms with Crippen molar-refractivity contribution in [3.05, 3.63) is 34.3 Å². The number of nitro groups is 1. The molecular weight excluding hydrogens is 189 g/mol. The predicted molar refractivity (Wildman–Crippen MR) is 47.3 cm³/mol. The van der Waals surface area contributed by atoms with Crippen molar-refractivity contribution in [2.75, 3.05) is 0 Å². The minimum Gasteiger partial charge on any atom is -0.261 e. The highest BCUT2D eigenvalue weighted by Crippen LogP contribution is 2.27. The molecule has 0 radical (unpaired) electrons. The van der Waals surface area contributed by atoms with Crippen LogP contribution in [0, 0.1) is 15.9 Å².